The fourth-order valence-electron chi connectivity index (χ4n) is 4.82. The number of amides is 1. The van der Waals surface area contributed by atoms with Crippen LogP contribution in [-0.4, -0.2) is 24.5 Å². The van der Waals surface area contributed by atoms with Gasteiger partial charge in [-0.2, -0.15) is 0 Å². The molecule has 1 unspecified atom stereocenters. The van der Waals surface area contributed by atoms with E-state index >= 15 is 0 Å². The first-order valence-corrected chi connectivity index (χ1v) is 12.0. The van der Waals surface area contributed by atoms with Crippen LogP contribution in [0.15, 0.2) is 75.9 Å². The average molecular weight is 468 g/mol. The summed E-state index contributed by atoms with van der Waals surface area (Å²) in [7, 11) is 1.64. The van der Waals surface area contributed by atoms with Crippen molar-refractivity contribution >= 4 is 16.9 Å². The van der Waals surface area contributed by atoms with Crippen LogP contribution < -0.4 is 10.2 Å². The van der Waals surface area contributed by atoms with Crippen LogP contribution in [0.3, 0.4) is 0 Å². The molecule has 0 spiro atoms. The third kappa shape index (κ3) is 4.12. The lowest BCUT2D eigenvalue weighted by Crippen LogP contribution is -2.31. The van der Waals surface area contributed by atoms with Gasteiger partial charge in [0.15, 0.2) is 5.43 Å². The molecule has 0 N–H and O–H groups in total. The van der Waals surface area contributed by atoms with E-state index in [9.17, 15) is 9.59 Å². The van der Waals surface area contributed by atoms with Crippen LogP contribution in [0.25, 0.3) is 11.0 Å². The first-order chi connectivity index (χ1) is 16.9. The van der Waals surface area contributed by atoms with Crippen molar-refractivity contribution in [2.24, 2.45) is 0 Å². The molecule has 0 aliphatic carbocycles. The Morgan fingerprint density at radius 2 is 1.69 bits per heavy atom. The van der Waals surface area contributed by atoms with Gasteiger partial charge in [-0.05, 0) is 60.2 Å². The highest BCUT2D eigenvalue weighted by atomic mass is 16.5. The number of hydrogen-bond donors (Lipinski definition) is 0. The molecule has 0 saturated carbocycles. The van der Waals surface area contributed by atoms with E-state index in [4.69, 9.17) is 9.15 Å². The topological polar surface area (TPSA) is 59.8 Å². The van der Waals surface area contributed by atoms with Gasteiger partial charge in [-0.3, -0.25) is 9.59 Å². The molecule has 1 atom stereocenters. The number of benzene rings is 3. The zero-order valence-electron chi connectivity index (χ0n) is 20.5. The summed E-state index contributed by atoms with van der Waals surface area (Å²) in [5.74, 6) is 1.09. The van der Waals surface area contributed by atoms with E-state index in [-0.39, 0.29) is 17.1 Å². The summed E-state index contributed by atoms with van der Waals surface area (Å²) in [5, 5.41) is 0.511. The number of rotatable bonds is 6. The van der Waals surface area contributed by atoms with Crippen LogP contribution >= 0.6 is 0 Å². The molecule has 0 fully saturated rings. The molecule has 5 rings (SSSR count). The van der Waals surface area contributed by atoms with Gasteiger partial charge in [0.1, 0.15) is 11.3 Å². The Hall–Kier alpha value is -3.86. The predicted molar refractivity (Wildman–Crippen MR) is 137 cm³/mol. The summed E-state index contributed by atoms with van der Waals surface area (Å²) in [6.07, 6.45) is 0.650. The molecule has 2 heterocycles. The van der Waals surface area contributed by atoms with Crippen molar-refractivity contribution in [1.29, 1.82) is 0 Å². The van der Waals surface area contributed by atoms with E-state index in [1.54, 1.807) is 18.1 Å². The molecule has 178 valence electrons. The molecule has 1 amide bonds. The predicted octanol–water partition coefficient (Wildman–Crippen LogP) is 6.02. The fourth-order valence-corrected chi connectivity index (χ4v) is 4.82. The molecule has 4 aromatic rings. The highest BCUT2D eigenvalue weighted by molar-refractivity contribution is 5.99. The van der Waals surface area contributed by atoms with E-state index < -0.39 is 6.04 Å². The molecule has 1 aliphatic rings. The van der Waals surface area contributed by atoms with Crippen LogP contribution in [0, 0.1) is 6.92 Å². The van der Waals surface area contributed by atoms with Crippen molar-refractivity contribution in [3.05, 3.63) is 111 Å². The van der Waals surface area contributed by atoms with Gasteiger partial charge in [-0.25, -0.2) is 0 Å². The van der Waals surface area contributed by atoms with Crippen LogP contribution in [-0.2, 0) is 6.42 Å². The second kappa shape index (κ2) is 9.06. The zero-order chi connectivity index (χ0) is 24.7. The third-order valence-electron chi connectivity index (χ3n) is 6.84. The Morgan fingerprint density at radius 3 is 2.34 bits per heavy atom. The number of aryl methyl sites for hydroxylation is 1. The maximum atomic E-state index is 13.7. The summed E-state index contributed by atoms with van der Waals surface area (Å²) < 4.78 is 11.3. The Morgan fingerprint density at radius 1 is 0.971 bits per heavy atom. The van der Waals surface area contributed by atoms with E-state index in [0.29, 0.717) is 35.4 Å². The lowest BCUT2D eigenvalue weighted by atomic mass is 9.95. The second-order valence-electron chi connectivity index (χ2n) is 9.49. The van der Waals surface area contributed by atoms with Crippen molar-refractivity contribution in [3.8, 4) is 5.75 Å². The minimum Gasteiger partial charge on any atom is -0.497 e. The van der Waals surface area contributed by atoms with Crippen LogP contribution in [0.2, 0.25) is 0 Å². The molecule has 5 nitrogen and oxygen atoms in total. The van der Waals surface area contributed by atoms with Crippen molar-refractivity contribution < 1.29 is 13.9 Å². The summed E-state index contributed by atoms with van der Waals surface area (Å²) in [4.78, 5) is 29.1. The standard InChI is InChI=1S/C30H29NO4/c1-18(2)21-8-10-22(11-9-21)27-26-28(32)24-17-19(3)5-14-25(24)35-29(26)30(33)31(27)16-15-20-6-12-23(34-4)13-7-20/h5-14,17-18,27H,15-16H2,1-4H3. The van der Waals surface area contributed by atoms with Crippen molar-refractivity contribution in [2.75, 3.05) is 13.7 Å². The molecular formula is C30H29NO4. The van der Waals surface area contributed by atoms with Crippen molar-refractivity contribution in [2.45, 2.75) is 39.2 Å². The minimum atomic E-state index is -0.488. The van der Waals surface area contributed by atoms with E-state index in [1.165, 1.54) is 5.56 Å². The number of ether oxygens (including phenoxy) is 1. The maximum absolute atomic E-state index is 13.7. The molecule has 3 aromatic carbocycles. The largest absolute Gasteiger partial charge is 0.497 e. The minimum absolute atomic E-state index is 0.136. The molecule has 1 aromatic heterocycles. The lowest BCUT2D eigenvalue weighted by Gasteiger charge is -2.25. The zero-order valence-corrected chi connectivity index (χ0v) is 20.5. The first-order valence-electron chi connectivity index (χ1n) is 12.0. The number of carbonyl (C=O) groups excluding carboxylic acids is 1. The molecule has 5 heteroatoms. The van der Waals surface area contributed by atoms with Gasteiger partial charge in [-0.15, -0.1) is 0 Å². The van der Waals surface area contributed by atoms with E-state index in [1.807, 2.05) is 55.5 Å². The smallest absolute Gasteiger partial charge is 0.290 e. The van der Waals surface area contributed by atoms with Crippen molar-refractivity contribution in [3.63, 3.8) is 0 Å². The van der Waals surface area contributed by atoms with Crippen LogP contribution in [0.1, 0.15) is 64.2 Å². The van der Waals surface area contributed by atoms with Gasteiger partial charge in [0, 0.05) is 6.54 Å². The van der Waals surface area contributed by atoms with Gasteiger partial charge in [-0.1, -0.05) is 61.9 Å². The molecule has 0 bridgehead atoms. The number of nitrogens with zero attached hydrogens (tertiary/aromatic N) is 1. The summed E-state index contributed by atoms with van der Waals surface area (Å²) in [6, 6.07) is 21.1. The number of fused-ring (bicyclic) bond motifs is 2. The molecular weight excluding hydrogens is 438 g/mol. The Labute approximate surface area is 205 Å². The molecule has 0 radical (unpaired) electrons. The van der Waals surface area contributed by atoms with Crippen LogP contribution in [0.5, 0.6) is 5.75 Å². The molecule has 1 aliphatic heterocycles. The van der Waals surface area contributed by atoms with Crippen LogP contribution in [0.4, 0.5) is 0 Å². The SMILES string of the molecule is COc1ccc(CCN2C(=O)c3oc4ccc(C)cc4c(=O)c3C2c2ccc(C(C)C)cc2)cc1. The van der Waals surface area contributed by atoms with Gasteiger partial charge >= 0.3 is 0 Å². The van der Waals surface area contributed by atoms with Gasteiger partial charge in [0.2, 0.25) is 5.76 Å². The molecule has 35 heavy (non-hydrogen) atoms. The lowest BCUT2D eigenvalue weighted by molar-refractivity contribution is 0.0730. The highest BCUT2D eigenvalue weighted by Gasteiger charge is 2.42. The quantitative estimate of drug-likeness (QED) is 0.348. The fraction of sp³-hybridized carbons (Fsp3) is 0.267. The van der Waals surface area contributed by atoms with Gasteiger partial charge in [0.05, 0.1) is 24.1 Å². The van der Waals surface area contributed by atoms with Gasteiger partial charge in [0.25, 0.3) is 5.91 Å². The first kappa shape index (κ1) is 22.9. The van der Waals surface area contributed by atoms with E-state index in [2.05, 4.69) is 26.0 Å². The highest BCUT2D eigenvalue weighted by Crippen LogP contribution is 2.38. The van der Waals surface area contributed by atoms with Gasteiger partial charge < -0.3 is 14.1 Å². The Balaban J connectivity index is 1.59. The second-order valence-corrected chi connectivity index (χ2v) is 9.49. The monoisotopic (exact) mass is 467 g/mol. The normalized spacial score (nSPS) is 15.2. The summed E-state index contributed by atoms with van der Waals surface area (Å²) in [5.41, 5.74) is 4.92. The third-order valence-corrected chi connectivity index (χ3v) is 6.84. The number of carbonyl (C=O) groups is 1. The Bertz CT molecular complexity index is 1450. The maximum Gasteiger partial charge on any atom is 0.290 e. The summed E-state index contributed by atoms with van der Waals surface area (Å²) >= 11 is 0. The summed E-state index contributed by atoms with van der Waals surface area (Å²) in [6.45, 7) is 6.70. The van der Waals surface area contributed by atoms with E-state index in [0.717, 1.165) is 22.4 Å². The molecule has 0 saturated heterocycles. The Kier molecular flexibility index (Phi) is 5.93. The number of methoxy groups -OCH3 is 1. The van der Waals surface area contributed by atoms with Crippen molar-refractivity contribution in [1.82, 2.24) is 4.90 Å². The number of hydrogen-bond acceptors (Lipinski definition) is 4. The average Bonchev–Trinajstić information content (AvgIpc) is 3.15.